The molecule has 1 aliphatic heterocycles. The summed E-state index contributed by atoms with van der Waals surface area (Å²) in [7, 11) is 0. The molecule has 1 unspecified atom stereocenters. The van der Waals surface area contributed by atoms with E-state index in [4.69, 9.17) is 5.73 Å². The third-order valence-electron chi connectivity index (χ3n) is 4.08. The first kappa shape index (κ1) is 16.4. The summed E-state index contributed by atoms with van der Waals surface area (Å²) in [4.78, 5) is 24.3. The highest BCUT2D eigenvalue weighted by molar-refractivity contribution is 5.77. The average molecular weight is 308 g/mol. The topological polar surface area (TPSA) is 76.6 Å². The Balaban J connectivity index is 1.69. The molecule has 0 saturated carbocycles. The van der Waals surface area contributed by atoms with Crippen LogP contribution in [0.25, 0.3) is 0 Å². The van der Waals surface area contributed by atoms with Crippen LogP contribution < -0.4 is 16.0 Å². The standard InChI is InChI=1S/C16H22FN3O2/c17-14-5-3-12(4-6-14)7-8-19-15(21)11-20-9-1-2-13(10-20)16(18)22/h3-6,13H,1-2,7-11H2,(H2,18,22)(H,19,21)/p+1/t13-/m1/s1. The molecule has 0 aromatic heterocycles. The molecule has 2 rings (SSSR count). The van der Waals surface area contributed by atoms with E-state index in [1.165, 1.54) is 12.1 Å². The van der Waals surface area contributed by atoms with Gasteiger partial charge in [-0.15, -0.1) is 0 Å². The van der Waals surface area contributed by atoms with Crippen LogP contribution in [0, 0.1) is 11.7 Å². The summed E-state index contributed by atoms with van der Waals surface area (Å²) in [6.07, 6.45) is 2.42. The minimum atomic E-state index is -0.270. The summed E-state index contributed by atoms with van der Waals surface area (Å²) < 4.78 is 12.8. The number of nitrogens with two attached hydrogens (primary N) is 1. The molecule has 1 heterocycles. The largest absolute Gasteiger partial charge is 0.369 e. The van der Waals surface area contributed by atoms with E-state index in [1.807, 2.05) is 0 Å². The zero-order chi connectivity index (χ0) is 15.9. The van der Waals surface area contributed by atoms with Gasteiger partial charge in [-0.25, -0.2) is 4.39 Å². The first-order valence-corrected chi connectivity index (χ1v) is 7.68. The number of halogens is 1. The Hall–Kier alpha value is -1.95. The second-order valence-corrected chi connectivity index (χ2v) is 5.85. The van der Waals surface area contributed by atoms with Crippen LogP contribution in [0.1, 0.15) is 18.4 Å². The summed E-state index contributed by atoms with van der Waals surface area (Å²) in [5, 5.41) is 2.87. The maximum Gasteiger partial charge on any atom is 0.275 e. The van der Waals surface area contributed by atoms with Gasteiger partial charge in [0, 0.05) is 6.54 Å². The Bertz CT molecular complexity index is 519. The molecular formula is C16H23FN3O2+. The summed E-state index contributed by atoms with van der Waals surface area (Å²) in [6, 6.07) is 6.27. The molecule has 120 valence electrons. The SMILES string of the molecule is NC(=O)[C@@H]1CCC[NH+](CC(=O)NCCc2ccc(F)cc2)C1. The van der Waals surface area contributed by atoms with Crippen molar-refractivity contribution in [2.75, 3.05) is 26.2 Å². The van der Waals surface area contributed by atoms with Gasteiger partial charge >= 0.3 is 0 Å². The van der Waals surface area contributed by atoms with Crippen molar-refractivity contribution >= 4 is 11.8 Å². The van der Waals surface area contributed by atoms with Crippen molar-refractivity contribution in [3.63, 3.8) is 0 Å². The van der Waals surface area contributed by atoms with Gasteiger partial charge in [0.25, 0.3) is 5.91 Å². The summed E-state index contributed by atoms with van der Waals surface area (Å²) >= 11 is 0. The zero-order valence-electron chi connectivity index (χ0n) is 12.6. The highest BCUT2D eigenvalue weighted by Gasteiger charge is 2.28. The molecule has 1 saturated heterocycles. The maximum atomic E-state index is 12.8. The van der Waals surface area contributed by atoms with Crippen molar-refractivity contribution in [2.45, 2.75) is 19.3 Å². The lowest BCUT2D eigenvalue weighted by Crippen LogP contribution is -3.15. The maximum absolute atomic E-state index is 12.8. The number of piperidine rings is 1. The van der Waals surface area contributed by atoms with Crippen LogP contribution in [0.15, 0.2) is 24.3 Å². The minimum absolute atomic E-state index is 0.0257. The van der Waals surface area contributed by atoms with Gasteiger partial charge in [-0.05, 0) is 37.0 Å². The van der Waals surface area contributed by atoms with Gasteiger partial charge in [0.1, 0.15) is 5.82 Å². The van der Waals surface area contributed by atoms with Crippen molar-refractivity contribution in [1.82, 2.24) is 5.32 Å². The Morgan fingerprint density at radius 3 is 2.73 bits per heavy atom. The van der Waals surface area contributed by atoms with Gasteiger partial charge in [0.15, 0.2) is 6.54 Å². The number of carbonyl (C=O) groups excluding carboxylic acids is 2. The van der Waals surface area contributed by atoms with Crippen molar-refractivity contribution in [3.8, 4) is 0 Å². The molecular weight excluding hydrogens is 285 g/mol. The van der Waals surface area contributed by atoms with E-state index in [2.05, 4.69) is 5.32 Å². The predicted octanol–water partition coefficient (Wildman–Crippen LogP) is -0.735. The molecule has 0 aliphatic carbocycles. The molecule has 1 fully saturated rings. The number of hydrogen-bond acceptors (Lipinski definition) is 2. The number of benzene rings is 1. The van der Waals surface area contributed by atoms with E-state index < -0.39 is 0 Å². The number of likely N-dealkylation sites (tertiary alicyclic amines) is 1. The van der Waals surface area contributed by atoms with Crippen LogP contribution in [-0.4, -0.2) is 38.0 Å². The number of primary amides is 1. The fourth-order valence-electron chi connectivity index (χ4n) is 2.84. The van der Waals surface area contributed by atoms with Crippen LogP contribution in [-0.2, 0) is 16.0 Å². The van der Waals surface area contributed by atoms with E-state index in [-0.39, 0.29) is 23.5 Å². The number of nitrogens with one attached hydrogen (secondary N) is 2. The molecule has 2 atom stereocenters. The van der Waals surface area contributed by atoms with Gasteiger partial charge in [-0.3, -0.25) is 9.59 Å². The first-order valence-electron chi connectivity index (χ1n) is 7.68. The molecule has 1 aromatic carbocycles. The van der Waals surface area contributed by atoms with Gasteiger partial charge in [-0.2, -0.15) is 0 Å². The molecule has 0 spiro atoms. The first-order chi connectivity index (χ1) is 10.5. The summed E-state index contributed by atoms with van der Waals surface area (Å²) in [6.45, 7) is 2.43. The average Bonchev–Trinajstić information content (AvgIpc) is 2.49. The molecule has 6 heteroatoms. The summed E-state index contributed by atoms with van der Waals surface area (Å²) in [5.74, 6) is -0.669. The van der Waals surface area contributed by atoms with Crippen LogP contribution in [0.4, 0.5) is 4.39 Å². The minimum Gasteiger partial charge on any atom is -0.369 e. The monoisotopic (exact) mass is 308 g/mol. The predicted molar refractivity (Wildman–Crippen MR) is 80.6 cm³/mol. The highest BCUT2D eigenvalue weighted by atomic mass is 19.1. The fraction of sp³-hybridized carbons (Fsp3) is 0.500. The number of rotatable bonds is 6. The Kier molecular flexibility index (Phi) is 5.89. The molecule has 4 N–H and O–H groups in total. The second-order valence-electron chi connectivity index (χ2n) is 5.85. The number of carbonyl (C=O) groups is 2. The Morgan fingerprint density at radius 1 is 1.32 bits per heavy atom. The molecule has 2 amide bonds. The molecule has 0 radical (unpaired) electrons. The van der Waals surface area contributed by atoms with Crippen molar-refractivity contribution in [1.29, 1.82) is 0 Å². The van der Waals surface area contributed by atoms with E-state index in [0.29, 0.717) is 26.1 Å². The van der Waals surface area contributed by atoms with E-state index >= 15 is 0 Å². The fourth-order valence-corrected chi connectivity index (χ4v) is 2.84. The molecule has 1 aliphatic rings. The van der Waals surface area contributed by atoms with Crippen molar-refractivity contribution in [2.24, 2.45) is 11.7 Å². The highest BCUT2D eigenvalue weighted by Crippen LogP contribution is 2.05. The van der Waals surface area contributed by atoms with Crippen LogP contribution in [0.5, 0.6) is 0 Å². The van der Waals surface area contributed by atoms with Gasteiger partial charge < -0.3 is 16.0 Å². The van der Waals surface area contributed by atoms with E-state index in [0.717, 1.165) is 29.8 Å². The van der Waals surface area contributed by atoms with E-state index in [9.17, 15) is 14.0 Å². The third-order valence-corrected chi connectivity index (χ3v) is 4.08. The lowest BCUT2D eigenvalue weighted by Gasteiger charge is -2.27. The Morgan fingerprint density at radius 2 is 2.05 bits per heavy atom. The number of amides is 2. The van der Waals surface area contributed by atoms with Gasteiger partial charge in [0.05, 0.1) is 19.0 Å². The quantitative estimate of drug-likeness (QED) is 0.648. The molecule has 1 aromatic rings. The van der Waals surface area contributed by atoms with E-state index in [1.54, 1.807) is 12.1 Å². The van der Waals surface area contributed by atoms with Crippen molar-refractivity contribution in [3.05, 3.63) is 35.6 Å². The van der Waals surface area contributed by atoms with Gasteiger partial charge in [-0.1, -0.05) is 12.1 Å². The number of quaternary nitrogens is 1. The second kappa shape index (κ2) is 7.89. The lowest BCUT2D eigenvalue weighted by atomic mass is 9.97. The summed E-state index contributed by atoms with van der Waals surface area (Å²) in [5.41, 5.74) is 6.32. The zero-order valence-corrected chi connectivity index (χ0v) is 12.6. The smallest absolute Gasteiger partial charge is 0.275 e. The van der Waals surface area contributed by atoms with Crippen LogP contribution >= 0.6 is 0 Å². The molecule has 5 nitrogen and oxygen atoms in total. The molecule has 0 bridgehead atoms. The molecule has 22 heavy (non-hydrogen) atoms. The van der Waals surface area contributed by atoms with Crippen molar-refractivity contribution < 1.29 is 18.9 Å². The Labute approximate surface area is 129 Å². The van der Waals surface area contributed by atoms with Crippen LogP contribution in [0.2, 0.25) is 0 Å². The normalized spacial score (nSPS) is 21.3. The lowest BCUT2D eigenvalue weighted by molar-refractivity contribution is -0.899. The van der Waals surface area contributed by atoms with Crippen LogP contribution in [0.3, 0.4) is 0 Å². The number of hydrogen-bond donors (Lipinski definition) is 3. The third kappa shape index (κ3) is 5.11. The van der Waals surface area contributed by atoms with Gasteiger partial charge in [0.2, 0.25) is 5.91 Å².